The quantitative estimate of drug-likeness (QED) is 0.820. The highest BCUT2D eigenvalue weighted by molar-refractivity contribution is 9.11. The first-order valence-corrected chi connectivity index (χ1v) is 9.95. The van der Waals surface area contributed by atoms with Crippen LogP contribution in [-0.4, -0.2) is 12.8 Å². The molecule has 19 heavy (non-hydrogen) atoms. The Hall–Kier alpha value is 0.190. The van der Waals surface area contributed by atoms with Crippen LogP contribution in [0.5, 0.6) is 0 Å². The highest BCUT2D eigenvalue weighted by Gasteiger charge is 2.19. The molecule has 102 valence electrons. The summed E-state index contributed by atoms with van der Waals surface area (Å²) in [5.74, 6) is 2.49. The molecule has 0 saturated heterocycles. The summed E-state index contributed by atoms with van der Waals surface area (Å²) < 4.78 is 1.22. The number of thiophene rings is 2. The Kier molecular flexibility index (Phi) is 4.70. The lowest BCUT2D eigenvalue weighted by Gasteiger charge is -2.13. The summed E-state index contributed by atoms with van der Waals surface area (Å²) in [5, 5.41) is 3.48. The summed E-state index contributed by atoms with van der Waals surface area (Å²) in [5.41, 5.74) is 1.57. The number of likely N-dealkylation sites (N-methyl/N-ethyl adjacent to an activating group) is 1. The van der Waals surface area contributed by atoms with Crippen molar-refractivity contribution >= 4 is 50.4 Å². The molecule has 0 radical (unpaired) electrons. The molecule has 0 aromatic carbocycles. The van der Waals surface area contributed by atoms with Crippen molar-refractivity contribution < 1.29 is 0 Å². The van der Waals surface area contributed by atoms with Crippen LogP contribution in [0.2, 0.25) is 0 Å². The first kappa shape index (κ1) is 14.1. The largest absolute Gasteiger partial charge is 0.312 e. The zero-order valence-corrected chi connectivity index (χ0v) is 14.8. The summed E-state index contributed by atoms with van der Waals surface area (Å²) in [7, 11) is 2.07. The van der Waals surface area contributed by atoms with E-state index < -0.39 is 0 Å². The monoisotopic (exact) mass is 373 g/mol. The number of halogens is 1. The summed E-state index contributed by atoms with van der Waals surface area (Å²) in [6.45, 7) is 0. The zero-order valence-electron chi connectivity index (χ0n) is 10.7. The third-order valence-electron chi connectivity index (χ3n) is 3.37. The molecule has 1 aliphatic rings. The smallest absolute Gasteiger partial charge is 0.0701 e. The molecule has 2 aromatic heterocycles. The minimum absolute atomic E-state index is 0.450. The second-order valence-electron chi connectivity index (χ2n) is 4.65. The molecular weight excluding hydrogens is 358 g/mol. The molecule has 0 amide bonds. The van der Waals surface area contributed by atoms with E-state index in [1.54, 1.807) is 10.4 Å². The Bertz CT molecular complexity index is 537. The van der Waals surface area contributed by atoms with Gasteiger partial charge in [-0.05, 0) is 58.9 Å². The molecule has 3 rings (SSSR count). The second-order valence-corrected chi connectivity index (χ2v) is 9.47. The highest BCUT2D eigenvalue weighted by atomic mass is 79.9. The lowest BCUT2D eigenvalue weighted by Crippen LogP contribution is -2.17. The predicted molar refractivity (Wildman–Crippen MR) is 91.7 cm³/mol. The molecule has 5 heteroatoms. The van der Waals surface area contributed by atoms with Crippen LogP contribution in [0.4, 0.5) is 0 Å². The van der Waals surface area contributed by atoms with E-state index in [1.807, 2.05) is 22.7 Å². The van der Waals surface area contributed by atoms with Gasteiger partial charge in [-0.25, -0.2) is 0 Å². The average molecular weight is 374 g/mol. The van der Waals surface area contributed by atoms with Gasteiger partial charge in [0.1, 0.15) is 0 Å². The Balaban J connectivity index is 1.79. The van der Waals surface area contributed by atoms with Crippen molar-refractivity contribution in [1.29, 1.82) is 0 Å². The van der Waals surface area contributed by atoms with Gasteiger partial charge in [0.05, 0.1) is 3.79 Å². The minimum Gasteiger partial charge on any atom is -0.312 e. The van der Waals surface area contributed by atoms with Gasteiger partial charge < -0.3 is 5.32 Å². The van der Waals surface area contributed by atoms with Crippen molar-refractivity contribution in [1.82, 2.24) is 5.32 Å². The number of fused-ring (bicyclic) bond motifs is 1. The van der Waals surface area contributed by atoms with Gasteiger partial charge in [-0.1, -0.05) is 0 Å². The van der Waals surface area contributed by atoms with Crippen molar-refractivity contribution in [2.45, 2.75) is 24.6 Å². The van der Waals surface area contributed by atoms with Gasteiger partial charge >= 0.3 is 0 Å². The van der Waals surface area contributed by atoms with Crippen LogP contribution < -0.4 is 5.32 Å². The van der Waals surface area contributed by atoms with Crippen molar-refractivity contribution in [3.05, 3.63) is 42.2 Å². The first-order chi connectivity index (χ1) is 9.26. The highest BCUT2D eigenvalue weighted by Crippen LogP contribution is 2.36. The fourth-order valence-electron chi connectivity index (χ4n) is 2.35. The Morgan fingerprint density at radius 3 is 2.95 bits per heavy atom. The number of hydrogen-bond acceptors (Lipinski definition) is 4. The average Bonchev–Trinajstić information content (AvgIpc) is 3.01. The van der Waals surface area contributed by atoms with E-state index in [0.29, 0.717) is 6.04 Å². The van der Waals surface area contributed by atoms with Crippen LogP contribution in [0.15, 0.2) is 22.0 Å². The molecule has 0 spiro atoms. The van der Waals surface area contributed by atoms with E-state index >= 15 is 0 Å². The maximum absolute atomic E-state index is 3.54. The van der Waals surface area contributed by atoms with E-state index in [-0.39, 0.29) is 0 Å². The van der Waals surface area contributed by atoms with Crippen molar-refractivity contribution in [3.8, 4) is 0 Å². The van der Waals surface area contributed by atoms with Crippen molar-refractivity contribution in [3.63, 3.8) is 0 Å². The molecule has 0 saturated carbocycles. The van der Waals surface area contributed by atoms with Gasteiger partial charge in [0, 0.05) is 32.8 Å². The molecule has 0 bridgehead atoms. The van der Waals surface area contributed by atoms with Crippen LogP contribution in [0.1, 0.15) is 26.2 Å². The van der Waals surface area contributed by atoms with Crippen LogP contribution >= 0.6 is 50.4 Å². The normalized spacial score (nSPS) is 16.3. The van der Waals surface area contributed by atoms with Crippen LogP contribution in [-0.2, 0) is 18.6 Å². The van der Waals surface area contributed by atoms with E-state index in [9.17, 15) is 0 Å². The maximum atomic E-state index is 3.54. The topological polar surface area (TPSA) is 12.0 Å². The molecule has 0 fully saturated rings. The van der Waals surface area contributed by atoms with E-state index in [2.05, 4.69) is 58.3 Å². The van der Waals surface area contributed by atoms with Crippen molar-refractivity contribution in [2.24, 2.45) is 0 Å². The zero-order chi connectivity index (χ0) is 13.2. The lowest BCUT2D eigenvalue weighted by atomic mass is 10.1. The number of rotatable bonds is 4. The van der Waals surface area contributed by atoms with Gasteiger partial charge in [0.2, 0.25) is 0 Å². The van der Waals surface area contributed by atoms with Gasteiger partial charge in [0.25, 0.3) is 0 Å². The second kappa shape index (κ2) is 6.31. The van der Waals surface area contributed by atoms with Crippen LogP contribution in [0, 0.1) is 0 Å². The van der Waals surface area contributed by atoms with Gasteiger partial charge in [0.15, 0.2) is 0 Å². The molecule has 2 aromatic rings. The molecule has 0 aliphatic carbocycles. The van der Waals surface area contributed by atoms with Crippen LogP contribution in [0.3, 0.4) is 0 Å². The summed E-state index contributed by atoms with van der Waals surface area (Å²) in [4.78, 5) is 4.55. The van der Waals surface area contributed by atoms with Gasteiger partial charge in [-0.15, -0.1) is 22.7 Å². The van der Waals surface area contributed by atoms with E-state index in [0.717, 1.165) is 6.42 Å². The molecule has 1 aliphatic heterocycles. The first-order valence-electron chi connectivity index (χ1n) is 6.37. The molecule has 3 heterocycles. The number of aryl methyl sites for hydroxylation is 1. The molecule has 1 N–H and O–H groups in total. The third-order valence-corrected chi connectivity index (χ3v) is 7.38. The van der Waals surface area contributed by atoms with E-state index in [1.165, 1.54) is 31.5 Å². The summed E-state index contributed by atoms with van der Waals surface area (Å²) in [6.07, 6.45) is 2.34. The minimum atomic E-state index is 0.450. The van der Waals surface area contributed by atoms with Gasteiger partial charge in [-0.2, -0.15) is 11.8 Å². The maximum Gasteiger partial charge on any atom is 0.0701 e. The van der Waals surface area contributed by atoms with E-state index in [4.69, 9.17) is 0 Å². The standard InChI is InChI=1S/C14H16BrNS3/c1-16-11(7-10-2-3-14(15)18-10)13-6-9-8-17-5-4-12(9)19-13/h2-3,6,11,16H,4-5,7-8H2,1H3. The number of thioether (sulfide) groups is 1. The van der Waals surface area contributed by atoms with Gasteiger partial charge in [-0.3, -0.25) is 0 Å². The van der Waals surface area contributed by atoms with Crippen LogP contribution in [0.25, 0.3) is 0 Å². The predicted octanol–water partition coefficient (Wildman–Crippen LogP) is 4.86. The molecular formula is C14H16BrNS3. The molecule has 1 atom stereocenters. The SMILES string of the molecule is CNC(Cc1ccc(Br)s1)c1cc2c(s1)CCSC2. The Labute approximate surface area is 134 Å². The Morgan fingerprint density at radius 1 is 1.37 bits per heavy atom. The summed E-state index contributed by atoms with van der Waals surface area (Å²) >= 11 is 9.45. The Morgan fingerprint density at radius 2 is 2.26 bits per heavy atom. The fraction of sp³-hybridized carbons (Fsp3) is 0.429. The fourth-order valence-corrected chi connectivity index (χ4v) is 6.36. The van der Waals surface area contributed by atoms with Crippen molar-refractivity contribution in [2.75, 3.05) is 12.8 Å². The molecule has 1 nitrogen and oxygen atoms in total. The third kappa shape index (κ3) is 3.27. The summed E-state index contributed by atoms with van der Waals surface area (Å²) in [6, 6.07) is 7.24. The number of nitrogens with one attached hydrogen (secondary N) is 1. The number of hydrogen-bond donors (Lipinski definition) is 1. The molecule has 1 unspecified atom stereocenters. The lowest BCUT2D eigenvalue weighted by molar-refractivity contribution is 0.606.